The lowest BCUT2D eigenvalue weighted by Crippen LogP contribution is -2.27. The Morgan fingerprint density at radius 2 is 1.70 bits per heavy atom. The summed E-state index contributed by atoms with van der Waals surface area (Å²) < 4.78 is 41.5. The standard InChI is InChI=1S/C16H14FN3O2S/c1-19(16-10-6-5-9-15(16)17)23(21,22)14-11-18-20(12-14)13-7-3-2-4-8-13/h2-12H,1H3. The molecule has 5 nitrogen and oxygen atoms in total. The van der Waals surface area contributed by atoms with Gasteiger partial charge >= 0.3 is 0 Å². The molecule has 0 bridgehead atoms. The molecular weight excluding hydrogens is 317 g/mol. The van der Waals surface area contributed by atoms with Crippen molar-refractivity contribution >= 4 is 15.7 Å². The van der Waals surface area contributed by atoms with Gasteiger partial charge in [0.25, 0.3) is 10.0 Å². The van der Waals surface area contributed by atoms with Crippen molar-refractivity contribution in [2.75, 3.05) is 11.4 Å². The van der Waals surface area contributed by atoms with Gasteiger partial charge in [-0.05, 0) is 24.3 Å². The number of anilines is 1. The highest BCUT2D eigenvalue weighted by Crippen LogP contribution is 2.24. The Balaban J connectivity index is 1.98. The summed E-state index contributed by atoms with van der Waals surface area (Å²) in [4.78, 5) is -0.00731. The number of hydrogen-bond acceptors (Lipinski definition) is 3. The summed E-state index contributed by atoms with van der Waals surface area (Å²) >= 11 is 0. The van der Waals surface area contributed by atoms with Crippen LogP contribution in [0, 0.1) is 5.82 Å². The van der Waals surface area contributed by atoms with Crippen LogP contribution in [0.4, 0.5) is 10.1 Å². The molecule has 0 fully saturated rings. The average molecular weight is 331 g/mol. The van der Waals surface area contributed by atoms with E-state index in [-0.39, 0.29) is 10.6 Å². The summed E-state index contributed by atoms with van der Waals surface area (Å²) in [5, 5.41) is 4.07. The van der Waals surface area contributed by atoms with Gasteiger partial charge in [-0.15, -0.1) is 0 Å². The Hall–Kier alpha value is -2.67. The Morgan fingerprint density at radius 3 is 2.39 bits per heavy atom. The van der Waals surface area contributed by atoms with Crippen LogP contribution in [0.2, 0.25) is 0 Å². The highest BCUT2D eigenvalue weighted by molar-refractivity contribution is 7.92. The Labute approximate surface area is 133 Å². The molecule has 0 spiro atoms. The van der Waals surface area contributed by atoms with Gasteiger partial charge in [-0.3, -0.25) is 4.31 Å². The van der Waals surface area contributed by atoms with Crippen LogP contribution in [-0.2, 0) is 10.0 Å². The smallest absolute Gasteiger partial charge is 0.266 e. The van der Waals surface area contributed by atoms with E-state index in [1.54, 1.807) is 6.07 Å². The molecule has 7 heteroatoms. The highest BCUT2D eigenvalue weighted by atomic mass is 32.2. The fraction of sp³-hybridized carbons (Fsp3) is 0.0625. The zero-order valence-corrected chi connectivity index (χ0v) is 13.1. The quantitative estimate of drug-likeness (QED) is 0.739. The summed E-state index contributed by atoms with van der Waals surface area (Å²) in [6.07, 6.45) is 2.65. The molecule has 1 aromatic heterocycles. The largest absolute Gasteiger partial charge is 0.267 e. The summed E-state index contributed by atoms with van der Waals surface area (Å²) in [5.41, 5.74) is 0.724. The lowest BCUT2D eigenvalue weighted by molar-refractivity contribution is 0.589. The topological polar surface area (TPSA) is 55.2 Å². The second-order valence-electron chi connectivity index (χ2n) is 4.88. The van der Waals surface area contributed by atoms with E-state index < -0.39 is 15.8 Å². The molecule has 0 amide bonds. The number of halogens is 1. The third-order valence-electron chi connectivity index (χ3n) is 3.43. The lowest BCUT2D eigenvalue weighted by Gasteiger charge is -2.18. The molecule has 1 heterocycles. The zero-order chi connectivity index (χ0) is 16.4. The molecule has 0 radical (unpaired) electrons. The van der Waals surface area contributed by atoms with Gasteiger partial charge in [0.15, 0.2) is 0 Å². The molecule has 23 heavy (non-hydrogen) atoms. The molecule has 3 rings (SSSR count). The minimum atomic E-state index is -3.89. The molecule has 3 aromatic rings. The van der Waals surface area contributed by atoms with E-state index in [2.05, 4.69) is 5.10 Å². The van der Waals surface area contributed by atoms with Gasteiger partial charge in [-0.25, -0.2) is 17.5 Å². The average Bonchev–Trinajstić information content (AvgIpc) is 3.06. The zero-order valence-electron chi connectivity index (χ0n) is 12.3. The van der Waals surface area contributed by atoms with Crippen LogP contribution < -0.4 is 4.31 Å². The molecule has 2 aromatic carbocycles. The first kappa shape index (κ1) is 15.2. The number of para-hydroxylation sites is 2. The Bertz CT molecular complexity index is 923. The third kappa shape index (κ3) is 2.83. The van der Waals surface area contributed by atoms with E-state index in [1.807, 2.05) is 30.3 Å². The van der Waals surface area contributed by atoms with Gasteiger partial charge in [0, 0.05) is 7.05 Å². The van der Waals surface area contributed by atoms with Crippen molar-refractivity contribution in [3.63, 3.8) is 0 Å². The molecular formula is C16H14FN3O2S. The number of aromatic nitrogens is 2. The molecule has 0 unspecified atom stereocenters. The van der Waals surface area contributed by atoms with Crippen LogP contribution >= 0.6 is 0 Å². The second kappa shape index (κ2) is 5.85. The van der Waals surface area contributed by atoms with Gasteiger partial charge in [0.2, 0.25) is 0 Å². The van der Waals surface area contributed by atoms with E-state index >= 15 is 0 Å². The van der Waals surface area contributed by atoms with Gasteiger partial charge in [-0.2, -0.15) is 5.10 Å². The number of rotatable bonds is 4. The summed E-state index contributed by atoms with van der Waals surface area (Å²) in [5.74, 6) is -0.603. The molecule has 0 atom stereocenters. The SMILES string of the molecule is CN(c1ccccc1F)S(=O)(=O)c1cnn(-c2ccccc2)c1. The summed E-state index contributed by atoms with van der Waals surface area (Å²) in [6.45, 7) is 0. The van der Waals surface area contributed by atoms with E-state index in [9.17, 15) is 12.8 Å². The van der Waals surface area contributed by atoms with Crippen molar-refractivity contribution in [1.82, 2.24) is 9.78 Å². The molecule has 0 saturated carbocycles. The number of sulfonamides is 1. The van der Waals surface area contributed by atoms with Crippen LogP contribution in [0.3, 0.4) is 0 Å². The van der Waals surface area contributed by atoms with Crippen molar-refractivity contribution in [3.8, 4) is 5.69 Å². The fourth-order valence-corrected chi connectivity index (χ4v) is 3.29. The maximum Gasteiger partial charge on any atom is 0.267 e. The van der Waals surface area contributed by atoms with E-state index in [0.29, 0.717) is 0 Å². The predicted octanol–water partition coefficient (Wildman–Crippen LogP) is 2.84. The van der Waals surface area contributed by atoms with Crippen LogP contribution in [0.1, 0.15) is 0 Å². The third-order valence-corrected chi connectivity index (χ3v) is 5.15. The number of nitrogens with zero attached hydrogens (tertiary/aromatic N) is 3. The molecule has 0 aliphatic heterocycles. The van der Waals surface area contributed by atoms with Gasteiger partial charge in [0.1, 0.15) is 10.7 Å². The van der Waals surface area contributed by atoms with Gasteiger partial charge in [-0.1, -0.05) is 30.3 Å². The van der Waals surface area contributed by atoms with Crippen molar-refractivity contribution in [2.45, 2.75) is 4.90 Å². The van der Waals surface area contributed by atoms with E-state index in [4.69, 9.17) is 0 Å². The predicted molar refractivity (Wildman–Crippen MR) is 85.6 cm³/mol. The minimum absolute atomic E-state index is 0.00731. The van der Waals surface area contributed by atoms with Crippen LogP contribution in [0.15, 0.2) is 71.9 Å². The fourth-order valence-electron chi connectivity index (χ4n) is 2.16. The molecule has 0 aliphatic rings. The first-order chi connectivity index (χ1) is 11.0. The summed E-state index contributed by atoms with van der Waals surface area (Å²) in [7, 11) is -2.58. The monoisotopic (exact) mass is 331 g/mol. The van der Waals surface area contributed by atoms with Crippen molar-refractivity contribution in [1.29, 1.82) is 0 Å². The van der Waals surface area contributed by atoms with Gasteiger partial charge in [0.05, 0.1) is 23.8 Å². The Morgan fingerprint density at radius 1 is 1.04 bits per heavy atom. The number of hydrogen-bond donors (Lipinski definition) is 0. The van der Waals surface area contributed by atoms with Crippen molar-refractivity contribution < 1.29 is 12.8 Å². The minimum Gasteiger partial charge on any atom is -0.266 e. The van der Waals surface area contributed by atoms with Gasteiger partial charge < -0.3 is 0 Å². The first-order valence-electron chi connectivity index (χ1n) is 6.84. The number of benzene rings is 2. The molecule has 0 N–H and O–H groups in total. The highest BCUT2D eigenvalue weighted by Gasteiger charge is 2.25. The second-order valence-corrected chi connectivity index (χ2v) is 6.85. The van der Waals surface area contributed by atoms with Crippen LogP contribution in [0.25, 0.3) is 5.69 Å². The maximum atomic E-state index is 13.8. The normalized spacial score (nSPS) is 11.4. The van der Waals surface area contributed by atoms with E-state index in [1.165, 1.54) is 42.3 Å². The van der Waals surface area contributed by atoms with Crippen molar-refractivity contribution in [3.05, 3.63) is 72.8 Å². The maximum absolute atomic E-state index is 13.8. The van der Waals surface area contributed by atoms with E-state index in [0.717, 1.165) is 9.99 Å². The first-order valence-corrected chi connectivity index (χ1v) is 8.28. The summed E-state index contributed by atoms with van der Waals surface area (Å²) in [6, 6.07) is 14.9. The van der Waals surface area contributed by atoms with Crippen molar-refractivity contribution in [2.24, 2.45) is 0 Å². The lowest BCUT2D eigenvalue weighted by atomic mass is 10.3. The molecule has 0 aliphatic carbocycles. The molecule has 0 saturated heterocycles. The Kier molecular flexibility index (Phi) is 3.87. The van der Waals surface area contributed by atoms with Crippen LogP contribution in [0.5, 0.6) is 0 Å². The van der Waals surface area contributed by atoms with Crippen LogP contribution in [-0.4, -0.2) is 25.2 Å². The molecule has 118 valence electrons.